The molecule has 0 spiro atoms. The minimum absolute atomic E-state index is 0.0818. The smallest absolute Gasteiger partial charge is 0.366 e. The molecule has 1 amide bonds. The van der Waals surface area contributed by atoms with E-state index in [-0.39, 0.29) is 11.3 Å². The van der Waals surface area contributed by atoms with Crippen LogP contribution in [-0.2, 0) is 6.18 Å². The van der Waals surface area contributed by atoms with E-state index in [0.717, 1.165) is 31.0 Å². The zero-order valence-electron chi connectivity index (χ0n) is 14.1. The van der Waals surface area contributed by atoms with Gasteiger partial charge < -0.3 is 10.2 Å². The highest BCUT2D eigenvalue weighted by atomic mass is 19.4. The zero-order valence-corrected chi connectivity index (χ0v) is 14.1. The number of nitrogens with zero attached hydrogens (tertiary/aromatic N) is 2. The van der Waals surface area contributed by atoms with Crippen LogP contribution >= 0.6 is 0 Å². The van der Waals surface area contributed by atoms with Gasteiger partial charge in [0.15, 0.2) is 0 Å². The number of hydrogen-bond donors (Lipinski definition) is 1. The number of para-hydroxylation sites is 1. The highest BCUT2D eigenvalue weighted by molar-refractivity contribution is 6.05. The quantitative estimate of drug-likeness (QED) is 0.628. The van der Waals surface area contributed by atoms with E-state index in [9.17, 15) is 28.1 Å². The Hall–Kier alpha value is -3.10. The topological polar surface area (TPSA) is 75.5 Å². The minimum Gasteiger partial charge on any atom is -0.366 e. The molecule has 0 unspecified atom stereocenters. The molecule has 0 saturated carbocycles. The second kappa shape index (κ2) is 7.26. The van der Waals surface area contributed by atoms with E-state index in [2.05, 4.69) is 5.32 Å². The van der Waals surface area contributed by atoms with Gasteiger partial charge in [0.25, 0.3) is 11.6 Å². The molecular weight excluding hydrogens is 363 g/mol. The van der Waals surface area contributed by atoms with Gasteiger partial charge in [0, 0.05) is 24.7 Å². The van der Waals surface area contributed by atoms with Crippen molar-refractivity contribution in [2.24, 2.45) is 0 Å². The van der Waals surface area contributed by atoms with Crippen LogP contribution in [0.1, 0.15) is 28.8 Å². The van der Waals surface area contributed by atoms with Crippen molar-refractivity contribution in [3.05, 3.63) is 63.7 Å². The Kier molecular flexibility index (Phi) is 5.02. The van der Waals surface area contributed by atoms with E-state index >= 15 is 0 Å². The molecule has 0 aliphatic carbocycles. The second-order valence-electron chi connectivity index (χ2n) is 6.15. The summed E-state index contributed by atoms with van der Waals surface area (Å²) < 4.78 is 39.2. The van der Waals surface area contributed by atoms with E-state index in [1.807, 2.05) is 4.90 Å². The lowest BCUT2D eigenvalue weighted by molar-refractivity contribution is -0.384. The van der Waals surface area contributed by atoms with Crippen molar-refractivity contribution in [2.75, 3.05) is 23.3 Å². The largest absolute Gasteiger partial charge is 0.418 e. The maximum Gasteiger partial charge on any atom is 0.418 e. The highest BCUT2D eigenvalue weighted by Crippen LogP contribution is 2.35. The van der Waals surface area contributed by atoms with Crippen molar-refractivity contribution in [3.63, 3.8) is 0 Å². The Labute approximate surface area is 152 Å². The van der Waals surface area contributed by atoms with Crippen molar-refractivity contribution in [1.29, 1.82) is 0 Å². The molecule has 1 N–H and O–H groups in total. The predicted molar refractivity (Wildman–Crippen MR) is 93.9 cm³/mol. The van der Waals surface area contributed by atoms with Crippen LogP contribution in [0.5, 0.6) is 0 Å². The van der Waals surface area contributed by atoms with E-state index < -0.39 is 28.3 Å². The summed E-state index contributed by atoms with van der Waals surface area (Å²) in [5.74, 6) is -0.845. The molecule has 9 heteroatoms. The van der Waals surface area contributed by atoms with Crippen molar-refractivity contribution < 1.29 is 22.9 Å². The van der Waals surface area contributed by atoms with Crippen LogP contribution in [0.3, 0.4) is 0 Å². The summed E-state index contributed by atoms with van der Waals surface area (Å²) in [6.45, 7) is 1.37. The third-order valence-electron chi connectivity index (χ3n) is 4.36. The molecule has 0 radical (unpaired) electrons. The van der Waals surface area contributed by atoms with Gasteiger partial charge in [-0.2, -0.15) is 13.2 Å². The molecule has 1 fully saturated rings. The van der Waals surface area contributed by atoms with Crippen molar-refractivity contribution in [3.8, 4) is 0 Å². The number of carbonyl (C=O) groups is 1. The maximum absolute atomic E-state index is 13.1. The number of amides is 1. The van der Waals surface area contributed by atoms with Crippen molar-refractivity contribution >= 4 is 23.0 Å². The molecular formula is C18H16F3N3O3. The number of nitro groups is 1. The Morgan fingerprint density at radius 2 is 1.78 bits per heavy atom. The highest BCUT2D eigenvalue weighted by Gasteiger charge is 2.33. The molecule has 1 aliphatic rings. The third kappa shape index (κ3) is 4.02. The van der Waals surface area contributed by atoms with Gasteiger partial charge in [-0.25, -0.2) is 0 Å². The third-order valence-corrected chi connectivity index (χ3v) is 4.36. The van der Waals surface area contributed by atoms with Gasteiger partial charge in [0.05, 0.1) is 16.2 Å². The van der Waals surface area contributed by atoms with Gasteiger partial charge in [-0.3, -0.25) is 14.9 Å². The summed E-state index contributed by atoms with van der Waals surface area (Å²) >= 11 is 0. The number of anilines is 2. The minimum atomic E-state index is -4.63. The number of nitro benzene ring substituents is 1. The number of hydrogen-bond acceptors (Lipinski definition) is 4. The summed E-state index contributed by atoms with van der Waals surface area (Å²) in [5.41, 5.74) is -1.30. The van der Waals surface area contributed by atoms with Crippen LogP contribution in [-0.4, -0.2) is 23.9 Å². The lowest BCUT2D eigenvalue weighted by atomic mass is 10.1. The number of halogens is 3. The van der Waals surface area contributed by atoms with E-state index in [4.69, 9.17) is 0 Å². The van der Waals surface area contributed by atoms with Gasteiger partial charge >= 0.3 is 6.18 Å². The maximum atomic E-state index is 13.1. The molecule has 2 aromatic rings. The molecule has 6 nitrogen and oxygen atoms in total. The van der Waals surface area contributed by atoms with Crippen molar-refractivity contribution in [2.45, 2.75) is 19.0 Å². The Balaban J connectivity index is 1.90. The van der Waals surface area contributed by atoms with Crippen LogP contribution in [0.2, 0.25) is 0 Å². The number of rotatable bonds is 4. The van der Waals surface area contributed by atoms with Gasteiger partial charge in [-0.1, -0.05) is 12.1 Å². The standard InChI is InChI=1S/C18H16F3N3O3/c19-18(20,21)13-5-1-2-6-14(13)22-17(25)12-7-8-15(16(11-12)24(26)27)23-9-3-4-10-23/h1-2,5-8,11H,3-4,9-10H2,(H,22,25). The van der Waals surface area contributed by atoms with Gasteiger partial charge in [-0.15, -0.1) is 0 Å². The molecule has 0 aromatic heterocycles. The Morgan fingerprint density at radius 1 is 1.11 bits per heavy atom. The second-order valence-corrected chi connectivity index (χ2v) is 6.15. The predicted octanol–water partition coefficient (Wildman–Crippen LogP) is 4.47. The summed E-state index contributed by atoms with van der Waals surface area (Å²) in [4.78, 5) is 25.1. The molecule has 3 rings (SSSR count). The van der Waals surface area contributed by atoms with Crippen LogP contribution in [0.4, 0.5) is 30.2 Å². The first-order valence-electron chi connectivity index (χ1n) is 8.28. The van der Waals surface area contributed by atoms with Gasteiger partial charge in [-0.05, 0) is 37.1 Å². The average Bonchev–Trinajstić information content (AvgIpc) is 3.15. The van der Waals surface area contributed by atoms with Crippen LogP contribution in [0.25, 0.3) is 0 Å². The first-order chi connectivity index (χ1) is 12.8. The summed E-state index contributed by atoms with van der Waals surface area (Å²) in [6, 6.07) is 8.51. The molecule has 0 bridgehead atoms. The molecule has 2 aromatic carbocycles. The fourth-order valence-corrected chi connectivity index (χ4v) is 3.07. The summed E-state index contributed by atoms with van der Waals surface area (Å²) in [5, 5.41) is 13.6. The number of benzene rings is 2. The molecule has 142 valence electrons. The van der Waals surface area contributed by atoms with E-state index in [0.29, 0.717) is 18.8 Å². The van der Waals surface area contributed by atoms with Crippen LogP contribution in [0.15, 0.2) is 42.5 Å². The molecule has 1 saturated heterocycles. The van der Waals surface area contributed by atoms with Gasteiger partial charge in [0.1, 0.15) is 5.69 Å². The first-order valence-corrected chi connectivity index (χ1v) is 8.28. The number of nitrogens with one attached hydrogen (secondary N) is 1. The van der Waals surface area contributed by atoms with Crippen LogP contribution in [0, 0.1) is 10.1 Å². The molecule has 27 heavy (non-hydrogen) atoms. The Morgan fingerprint density at radius 3 is 2.41 bits per heavy atom. The molecule has 1 heterocycles. The molecule has 1 aliphatic heterocycles. The summed E-state index contributed by atoms with van der Waals surface area (Å²) in [7, 11) is 0. The van der Waals surface area contributed by atoms with E-state index in [1.165, 1.54) is 24.3 Å². The SMILES string of the molecule is O=C(Nc1ccccc1C(F)(F)F)c1ccc(N2CCCC2)c([N+](=O)[O-])c1. The molecule has 0 atom stereocenters. The zero-order chi connectivity index (χ0) is 19.6. The number of carbonyl (C=O) groups excluding carboxylic acids is 1. The number of alkyl halides is 3. The van der Waals surface area contributed by atoms with E-state index in [1.54, 1.807) is 0 Å². The fourth-order valence-electron chi connectivity index (χ4n) is 3.07. The average molecular weight is 379 g/mol. The lowest BCUT2D eigenvalue weighted by Crippen LogP contribution is -2.20. The first kappa shape index (κ1) is 18.7. The fraction of sp³-hybridized carbons (Fsp3) is 0.278. The lowest BCUT2D eigenvalue weighted by Gasteiger charge is -2.18. The summed E-state index contributed by atoms with van der Waals surface area (Å²) in [6.07, 6.45) is -2.78. The van der Waals surface area contributed by atoms with Crippen LogP contribution < -0.4 is 10.2 Å². The van der Waals surface area contributed by atoms with Crippen molar-refractivity contribution in [1.82, 2.24) is 0 Å². The monoisotopic (exact) mass is 379 g/mol. The Bertz CT molecular complexity index is 878. The normalized spacial score (nSPS) is 14.3. The van der Waals surface area contributed by atoms with Gasteiger partial charge in [0.2, 0.25) is 0 Å².